The Morgan fingerprint density at radius 3 is 2.35 bits per heavy atom. The summed E-state index contributed by atoms with van der Waals surface area (Å²) in [5, 5.41) is 9.99. The molecule has 0 radical (unpaired) electrons. The average molecular weight is 453 g/mol. The highest BCUT2D eigenvalue weighted by Gasteiger charge is 2.39. The third-order valence-corrected chi connectivity index (χ3v) is 7.59. The maximum atomic E-state index is 12.4. The number of hydrogen-bond acceptors (Lipinski definition) is 4. The van der Waals surface area contributed by atoms with Crippen LogP contribution >= 0.6 is 0 Å². The molecule has 0 aromatic carbocycles. The molecule has 1 fully saturated rings. The van der Waals surface area contributed by atoms with Gasteiger partial charge < -0.3 is 9.84 Å². The first-order valence-electron chi connectivity index (χ1n) is 12.1. The summed E-state index contributed by atoms with van der Waals surface area (Å²) in [5.74, 6) is -0.475. The van der Waals surface area contributed by atoms with Crippen molar-refractivity contribution in [2.75, 3.05) is 6.61 Å². The highest BCUT2D eigenvalue weighted by molar-refractivity contribution is 6.81. The van der Waals surface area contributed by atoms with Crippen LogP contribution in [0.15, 0.2) is 11.3 Å². The normalized spacial score (nSPS) is 24.1. The Kier molecular flexibility index (Phi) is 11.7. The number of ether oxygens (including phenoxy) is 1. The van der Waals surface area contributed by atoms with Crippen molar-refractivity contribution < 1.29 is 24.2 Å². The minimum Gasteiger partial charge on any atom is -0.481 e. The second-order valence-corrected chi connectivity index (χ2v) is 15.3. The number of hydrogen-bond donors (Lipinski definition) is 1. The van der Waals surface area contributed by atoms with Crippen LogP contribution in [0.25, 0.3) is 0 Å². The van der Waals surface area contributed by atoms with Crippen molar-refractivity contribution >= 4 is 25.8 Å². The van der Waals surface area contributed by atoms with Gasteiger partial charge in [-0.15, -0.1) is 0 Å². The van der Waals surface area contributed by atoms with Crippen molar-refractivity contribution in [3.8, 4) is 0 Å². The van der Waals surface area contributed by atoms with Gasteiger partial charge in [-0.05, 0) is 50.4 Å². The van der Waals surface area contributed by atoms with E-state index >= 15 is 0 Å². The van der Waals surface area contributed by atoms with Crippen LogP contribution in [0.3, 0.4) is 0 Å². The predicted octanol–water partition coefficient (Wildman–Crippen LogP) is 6.04. The number of rotatable bonds is 13. The number of unbranched alkanes of at least 4 members (excludes halogenated alkanes) is 1. The van der Waals surface area contributed by atoms with Gasteiger partial charge in [-0.1, -0.05) is 57.6 Å². The first-order chi connectivity index (χ1) is 14.5. The van der Waals surface area contributed by atoms with E-state index in [9.17, 15) is 19.5 Å². The van der Waals surface area contributed by atoms with E-state index in [0.717, 1.165) is 38.5 Å². The minimum absolute atomic E-state index is 0.0756. The monoisotopic (exact) mass is 452 g/mol. The number of aliphatic carboxylic acids is 1. The first kappa shape index (κ1) is 27.6. The molecule has 1 rings (SSSR count). The van der Waals surface area contributed by atoms with Gasteiger partial charge in [0.25, 0.3) is 0 Å². The summed E-state index contributed by atoms with van der Waals surface area (Å²) in [6.07, 6.45) is 6.14. The van der Waals surface area contributed by atoms with Gasteiger partial charge in [-0.2, -0.15) is 0 Å². The summed E-state index contributed by atoms with van der Waals surface area (Å²) >= 11 is 0. The number of allylic oxidation sites excluding steroid dienone is 1. The van der Waals surface area contributed by atoms with Crippen LogP contribution in [0.1, 0.15) is 78.6 Å². The summed E-state index contributed by atoms with van der Waals surface area (Å²) in [6, 6.07) is 0. The third kappa shape index (κ3) is 9.71. The fourth-order valence-corrected chi connectivity index (χ4v) is 6.28. The van der Waals surface area contributed by atoms with E-state index in [4.69, 9.17) is 4.74 Å². The summed E-state index contributed by atoms with van der Waals surface area (Å²) in [7, 11) is -1.57. The zero-order valence-corrected chi connectivity index (χ0v) is 21.5. The zero-order chi connectivity index (χ0) is 23.6. The Bertz CT molecular complexity index is 634. The molecule has 0 saturated heterocycles. The van der Waals surface area contributed by atoms with Crippen molar-refractivity contribution in [1.29, 1.82) is 0 Å². The average Bonchev–Trinajstić information content (AvgIpc) is 2.66. The summed E-state index contributed by atoms with van der Waals surface area (Å²) in [6.45, 7) is 13.3. The molecule has 0 heterocycles. The van der Waals surface area contributed by atoms with Crippen LogP contribution in [-0.4, -0.2) is 37.5 Å². The van der Waals surface area contributed by atoms with Crippen LogP contribution in [-0.2, 0) is 19.1 Å². The quantitative estimate of drug-likeness (QED) is 0.272. The summed E-state index contributed by atoms with van der Waals surface area (Å²) in [5.41, 5.74) is 3.72. The topological polar surface area (TPSA) is 80.7 Å². The molecule has 1 saturated carbocycles. The van der Waals surface area contributed by atoms with E-state index in [2.05, 4.69) is 39.2 Å². The first-order valence-corrected chi connectivity index (χ1v) is 15.7. The molecular formula is C25H44O5Si. The lowest BCUT2D eigenvalue weighted by Gasteiger charge is -2.41. The molecule has 4 atom stereocenters. The predicted molar refractivity (Wildman–Crippen MR) is 128 cm³/mol. The van der Waals surface area contributed by atoms with Gasteiger partial charge in [-0.3, -0.25) is 14.4 Å². The SMILES string of the molecule is CCCC[C@@H](C(=O)O)[C@@H]1CC[C@@H](C)[C@H](CCC(=O)CCC(=O)OCC)/C1=C\[Si](C)(C)C. The van der Waals surface area contributed by atoms with Gasteiger partial charge in [0.05, 0.1) is 27.0 Å². The Hall–Kier alpha value is -1.43. The van der Waals surface area contributed by atoms with Crippen molar-refractivity contribution in [3.05, 3.63) is 11.3 Å². The number of carbonyl (C=O) groups excluding carboxylic acids is 2. The summed E-state index contributed by atoms with van der Waals surface area (Å²) < 4.78 is 4.92. The van der Waals surface area contributed by atoms with E-state index in [1.807, 2.05) is 0 Å². The van der Waals surface area contributed by atoms with E-state index in [1.54, 1.807) is 6.92 Å². The van der Waals surface area contributed by atoms with Crippen molar-refractivity contribution in [3.63, 3.8) is 0 Å². The molecule has 5 nitrogen and oxygen atoms in total. The molecule has 0 aromatic heterocycles. The van der Waals surface area contributed by atoms with Gasteiger partial charge in [0.2, 0.25) is 0 Å². The highest BCUT2D eigenvalue weighted by Crippen LogP contribution is 2.45. The van der Waals surface area contributed by atoms with Crippen molar-refractivity contribution in [2.24, 2.45) is 23.7 Å². The van der Waals surface area contributed by atoms with Gasteiger partial charge >= 0.3 is 11.9 Å². The maximum Gasteiger partial charge on any atom is 0.307 e. The Balaban J connectivity index is 3.01. The lowest BCUT2D eigenvalue weighted by atomic mass is 9.65. The number of carboxylic acids is 1. The summed E-state index contributed by atoms with van der Waals surface area (Å²) in [4.78, 5) is 36.2. The molecular weight excluding hydrogens is 408 g/mol. The molecule has 1 N–H and O–H groups in total. The van der Waals surface area contributed by atoms with Gasteiger partial charge in [0.15, 0.2) is 0 Å². The molecule has 0 amide bonds. The maximum absolute atomic E-state index is 12.4. The molecule has 0 bridgehead atoms. The number of ketones is 1. The molecule has 6 heteroatoms. The van der Waals surface area contributed by atoms with E-state index in [0.29, 0.717) is 18.9 Å². The third-order valence-electron chi connectivity index (χ3n) is 6.39. The Labute approximate surface area is 190 Å². The lowest BCUT2D eigenvalue weighted by molar-refractivity contribution is -0.144. The van der Waals surface area contributed by atoms with Crippen LogP contribution in [0.2, 0.25) is 19.6 Å². The van der Waals surface area contributed by atoms with Crippen molar-refractivity contribution in [1.82, 2.24) is 0 Å². The Morgan fingerprint density at radius 2 is 1.81 bits per heavy atom. The van der Waals surface area contributed by atoms with Crippen molar-refractivity contribution in [2.45, 2.75) is 98.2 Å². The van der Waals surface area contributed by atoms with Crippen LogP contribution < -0.4 is 0 Å². The smallest absolute Gasteiger partial charge is 0.307 e. The molecule has 0 spiro atoms. The van der Waals surface area contributed by atoms with E-state index in [-0.39, 0.29) is 42.3 Å². The molecule has 0 unspecified atom stereocenters. The highest BCUT2D eigenvalue weighted by atomic mass is 28.3. The molecule has 0 aromatic rings. The second kappa shape index (κ2) is 13.2. The standard InChI is InChI=1S/C25H44O5Si/c1-7-9-10-22(25(28)29)21-14-11-18(3)20(23(21)17-31(4,5)6)15-12-19(26)13-16-24(27)30-8-2/h17-18,20-22H,7-16H2,1-6H3,(H,28,29)/b23-17+/t18-,20+,21+,22-/m1/s1. The number of carbonyl (C=O) groups is 3. The number of carboxylic acid groups (broad SMARTS) is 1. The molecule has 31 heavy (non-hydrogen) atoms. The van der Waals surface area contributed by atoms with E-state index < -0.39 is 14.0 Å². The fraction of sp³-hybridized carbons (Fsp3) is 0.800. The van der Waals surface area contributed by atoms with E-state index in [1.165, 1.54) is 5.57 Å². The zero-order valence-electron chi connectivity index (χ0n) is 20.5. The van der Waals surface area contributed by atoms with Crippen LogP contribution in [0.5, 0.6) is 0 Å². The number of Topliss-reactive ketones (excluding diaryl/α,β-unsaturated/α-hetero) is 1. The van der Waals surface area contributed by atoms with Gasteiger partial charge in [0, 0.05) is 12.8 Å². The van der Waals surface area contributed by atoms with Gasteiger partial charge in [0.1, 0.15) is 5.78 Å². The molecule has 178 valence electrons. The number of esters is 1. The fourth-order valence-electron chi connectivity index (χ4n) is 4.85. The largest absolute Gasteiger partial charge is 0.481 e. The molecule has 1 aliphatic rings. The minimum atomic E-state index is -1.57. The van der Waals surface area contributed by atoms with Crippen LogP contribution in [0.4, 0.5) is 0 Å². The van der Waals surface area contributed by atoms with Crippen LogP contribution in [0, 0.1) is 23.7 Å². The lowest BCUT2D eigenvalue weighted by Crippen LogP contribution is -2.36. The Morgan fingerprint density at radius 1 is 1.13 bits per heavy atom. The molecule has 0 aliphatic heterocycles. The van der Waals surface area contributed by atoms with Gasteiger partial charge in [-0.25, -0.2) is 0 Å². The molecule has 1 aliphatic carbocycles. The second-order valence-electron chi connectivity index (χ2n) is 10.2.